The number of carbonyl (C=O) groups excluding carboxylic acids is 4. The lowest BCUT2D eigenvalue weighted by Gasteiger charge is -2.17. The van der Waals surface area contributed by atoms with E-state index in [0.29, 0.717) is 12.0 Å². The molecule has 2 rings (SSSR count). The second-order valence-electron chi connectivity index (χ2n) is 9.67. The van der Waals surface area contributed by atoms with E-state index >= 15 is 0 Å². The van der Waals surface area contributed by atoms with Crippen LogP contribution in [0.15, 0.2) is 42.5 Å². The molecule has 2 aromatic carbocycles. The van der Waals surface area contributed by atoms with Gasteiger partial charge in [0.25, 0.3) is 0 Å². The van der Waals surface area contributed by atoms with Gasteiger partial charge in [-0.15, -0.1) is 0 Å². The predicted octanol–water partition coefficient (Wildman–Crippen LogP) is 7.95. The maximum Gasteiger partial charge on any atom is 0.342 e. The zero-order valence-corrected chi connectivity index (χ0v) is 23.6. The van der Waals surface area contributed by atoms with E-state index in [1.807, 2.05) is 0 Å². The van der Waals surface area contributed by atoms with Crippen molar-refractivity contribution >= 4 is 40.7 Å². The molecule has 1 amide bonds. The topological polar surface area (TPSA) is 89.5 Å². The van der Waals surface area contributed by atoms with Crippen LogP contribution in [0, 0.1) is 0 Å². The van der Waals surface area contributed by atoms with Crippen molar-refractivity contribution in [1.82, 2.24) is 0 Å². The van der Waals surface area contributed by atoms with E-state index < -0.39 is 18.0 Å². The Kier molecular flexibility index (Phi) is 13.8. The highest BCUT2D eigenvalue weighted by molar-refractivity contribution is 6.38. The number of ether oxygens (including phenoxy) is 1. The number of esters is 1. The van der Waals surface area contributed by atoms with Gasteiger partial charge in [-0.25, -0.2) is 4.79 Å². The van der Waals surface area contributed by atoms with Gasteiger partial charge in [0.2, 0.25) is 5.91 Å². The SMILES string of the molecule is CCCCCCCCCCCCC(=O)C(C)OC(=O)c1c(NC(C)=O)ccc(C(=O)c2ccccc2)c1Cl. The average Bonchev–Trinajstić information content (AvgIpc) is 2.89. The van der Waals surface area contributed by atoms with Gasteiger partial charge in [-0.3, -0.25) is 14.4 Å². The fourth-order valence-corrected chi connectivity index (χ4v) is 4.59. The summed E-state index contributed by atoms with van der Waals surface area (Å²) in [5.41, 5.74) is 0.470. The standard InChI is InChI=1S/C31H40ClNO5/c1-4-5-6-7-8-9-10-11-12-16-19-27(35)22(2)38-31(37)28-26(33-23(3)34)21-20-25(29(28)32)30(36)24-17-14-13-15-18-24/h13-15,17-18,20-22H,4-12,16,19H2,1-3H3,(H,33,34). The maximum absolute atomic E-state index is 13.1. The molecular weight excluding hydrogens is 502 g/mol. The number of benzene rings is 2. The molecule has 0 bridgehead atoms. The number of halogens is 1. The Morgan fingerprint density at radius 1 is 0.842 bits per heavy atom. The van der Waals surface area contributed by atoms with Gasteiger partial charge in [0.1, 0.15) is 5.56 Å². The van der Waals surface area contributed by atoms with Crippen LogP contribution in [0.5, 0.6) is 0 Å². The number of carbonyl (C=O) groups is 4. The molecule has 0 spiro atoms. The minimum Gasteiger partial charge on any atom is -0.451 e. The van der Waals surface area contributed by atoms with Gasteiger partial charge in [-0.1, -0.05) is 107 Å². The summed E-state index contributed by atoms with van der Waals surface area (Å²) in [7, 11) is 0. The normalized spacial score (nSPS) is 11.6. The Morgan fingerprint density at radius 3 is 2.00 bits per heavy atom. The summed E-state index contributed by atoms with van der Waals surface area (Å²) in [6.45, 7) is 5.04. The highest BCUT2D eigenvalue weighted by Crippen LogP contribution is 2.31. The first kappa shape index (κ1) is 31.2. The molecular formula is C31H40ClNO5. The second-order valence-corrected chi connectivity index (χ2v) is 10.0. The van der Waals surface area contributed by atoms with Crippen molar-refractivity contribution in [3.63, 3.8) is 0 Å². The minimum atomic E-state index is -0.976. The van der Waals surface area contributed by atoms with Crippen LogP contribution in [-0.4, -0.2) is 29.5 Å². The van der Waals surface area contributed by atoms with Crippen molar-refractivity contribution in [3.8, 4) is 0 Å². The van der Waals surface area contributed by atoms with Crippen LogP contribution in [0.3, 0.4) is 0 Å². The second kappa shape index (κ2) is 16.8. The first-order valence-corrected chi connectivity index (χ1v) is 14.1. The Hall–Kier alpha value is -2.99. The maximum atomic E-state index is 13.1. The average molecular weight is 542 g/mol. The van der Waals surface area contributed by atoms with Gasteiger partial charge in [0.05, 0.1) is 10.7 Å². The highest BCUT2D eigenvalue weighted by atomic mass is 35.5. The summed E-state index contributed by atoms with van der Waals surface area (Å²) in [4.78, 5) is 50.4. The number of nitrogens with one attached hydrogen (secondary N) is 1. The van der Waals surface area contributed by atoms with E-state index in [-0.39, 0.29) is 33.4 Å². The van der Waals surface area contributed by atoms with Gasteiger partial charge >= 0.3 is 5.97 Å². The monoisotopic (exact) mass is 541 g/mol. The van der Waals surface area contributed by atoms with E-state index in [0.717, 1.165) is 19.3 Å². The number of anilines is 1. The molecule has 0 fully saturated rings. The quantitative estimate of drug-likeness (QED) is 0.125. The van der Waals surface area contributed by atoms with Crippen LogP contribution in [0.25, 0.3) is 0 Å². The van der Waals surface area contributed by atoms with Crippen molar-refractivity contribution in [2.24, 2.45) is 0 Å². The summed E-state index contributed by atoms with van der Waals surface area (Å²) < 4.78 is 5.45. The van der Waals surface area contributed by atoms with Crippen LogP contribution in [0.1, 0.15) is 118 Å². The summed E-state index contributed by atoms with van der Waals surface area (Å²) in [6.07, 6.45) is 11.0. The Morgan fingerprint density at radius 2 is 1.42 bits per heavy atom. The Balaban J connectivity index is 1.97. The molecule has 2 aromatic rings. The largest absolute Gasteiger partial charge is 0.451 e. The molecule has 7 heteroatoms. The predicted molar refractivity (Wildman–Crippen MR) is 152 cm³/mol. The molecule has 0 saturated heterocycles. The van der Waals surface area contributed by atoms with Gasteiger partial charge in [-0.05, 0) is 25.5 Å². The molecule has 0 aliphatic heterocycles. The summed E-state index contributed by atoms with van der Waals surface area (Å²) in [5, 5.41) is 2.42. The van der Waals surface area contributed by atoms with Crippen LogP contribution in [0.4, 0.5) is 5.69 Å². The molecule has 1 atom stereocenters. The van der Waals surface area contributed by atoms with Gasteiger partial charge < -0.3 is 10.1 Å². The number of hydrogen-bond donors (Lipinski definition) is 1. The third-order valence-corrected chi connectivity index (χ3v) is 6.84. The minimum absolute atomic E-state index is 0.100. The molecule has 0 heterocycles. The van der Waals surface area contributed by atoms with Crippen LogP contribution < -0.4 is 5.32 Å². The fourth-order valence-electron chi connectivity index (χ4n) is 4.26. The lowest BCUT2D eigenvalue weighted by atomic mass is 9.99. The number of hydrogen-bond acceptors (Lipinski definition) is 5. The molecule has 0 saturated carbocycles. The first-order chi connectivity index (χ1) is 18.3. The van der Waals surface area contributed by atoms with Crippen LogP contribution >= 0.6 is 11.6 Å². The highest BCUT2D eigenvalue weighted by Gasteiger charge is 2.27. The zero-order chi connectivity index (χ0) is 27.9. The molecule has 206 valence electrons. The van der Waals surface area contributed by atoms with E-state index in [1.165, 1.54) is 70.9 Å². The molecule has 0 radical (unpaired) electrons. The lowest BCUT2D eigenvalue weighted by Crippen LogP contribution is -2.25. The molecule has 0 aromatic heterocycles. The molecule has 1 N–H and O–H groups in total. The van der Waals surface area contributed by atoms with E-state index in [9.17, 15) is 19.2 Å². The number of Topliss-reactive ketones (excluding diaryl/α,β-unsaturated/α-hetero) is 1. The smallest absolute Gasteiger partial charge is 0.342 e. The Bertz CT molecular complexity index is 1080. The van der Waals surface area contributed by atoms with Gasteiger partial charge in [0.15, 0.2) is 17.7 Å². The first-order valence-electron chi connectivity index (χ1n) is 13.7. The van der Waals surface area contributed by atoms with Crippen molar-refractivity contribution in [2.45, 2.75) is 97.5 Å². The summed E-state index contributed by atoms with van der Waals surface area (Å²) >= 11 is 6.52. The third kappa shape index (κ3) is 10.1. The third-order valence-electron chi connectivity index (χ3n) is 6.45. The van der Waals surface area contributed by atoms with Crippen LogP contribution in [0.2, 0.25) is 5.02 Å². The molecule has 6 nitrogen and oxygen atoms in total. The van der Waals surface area contributed by atoms with E-state index in [1.54, 1.807) is 30.3 Å². The number of amides is 1. The van der Waals surface area contributed by atoms with Gasteiger partial charge in [-0.2, -0.15) is 0 Å². The van der Waals surface area contributed by atoms with Crippen molar-refractivity contribution < 1.29 is 23.9 Å². The van der Waals surface area contributed by atoms with Crippen LogP contribution in [-0.2, 0) is 14.3 Å². The molecule has 0 aliphatic carbocycles. The molecule has 1 unspecified atom stereocenters. The molecule has 38 heavy (non-hydrogen) atoms. The fraction of sp³-hybridized carbons (Fsp3) is 0.484. The van der Waals surface area contributed by atoms with E-state index in [4.69, 9.17) is 16.3 Å². The Labute approximate surface area is 231 Å². The molecule has 0 aliphatic rings. The number of rotatable bonds is 17. The number of ketones is 2. The lowest BCUT2D eigenvalue weighted by molar-refractivity contribution is -0.127. The van der Waals surface area contributed by atoms with E-state index in [2.05, 4.69) is 12.2 Å². The zero-order valence-electron chi connectivity index (χ0n) is 22.8. The number of unbranched alkanes of at least 4 members (excludes halogenated alkanes) is 9. The van der Waals surface area contributed by atoms with Crippen molar-refractivity contribution in [1.29, 1.82) is 0 Å². The van der Waals surface area contributed by atoms with Crippen molar-refractivity contribution in [2.75, 3.05) is 5.32 Å². The van der Waals surface area contributed by atoms with Gasteiger partial charge in [0, 0.05) is 24.5 Å². The summed E-state index contributed by atoms with van der Waals surface area (Å²) in [6, 6.07) is 11.4. The summed E-state index contributed by atoms with van der Waals surface area (Å²) in [5.74, 6) is -1.83. The van der Waals surface area contributed by atoms with Crippen molar-refractivity contribution in [3.05, 3.63) is 64.2 Å².